The van der Waals surface area contributed by atoms with Crippen LogP contribution in [0.1, 0.15) is 40.5 Å². The van der Waals surface area contributed by atoms with Crippen molar-refractivity contribution in [1.82, 2.24) is 5.48 Å². The van der Waals surface area contributed by atoms with Gasteiger partial charge in [0.05, 0.1) is 23.4 Å². The third-order valence-corrected chi connectivity index (χ3v) is 3.51. The number of nitrogens with one attached hydrogen (secondary N) is 1. The SMILES string of the molecule is CC1(C)OB(C2=CCCCON2)OC1(C)C. The predicted octanol–water partition coefficient (Wildman–Crippen LogP) is 1.82. The van der Waals surface area contributed by atoms with Crippen LogP contribution in [0.2, 0.25) is 0 Å². The minimum Gasteiger partial charge on any atom is -0.398 e. The van der Waals surface area contributed by atoms with Gasteiger partial charge in [0.1, 0.15) is 0 Å². The summed E-state index contributed by atoms with van der Waals surface area (Å²) < 4.78 is 11.9. The van der Waals surface area contributed by atoms with Gasteiger partial charge in [-0.2, -0.15) is 0 Å². The molecule has 1 saturated heterocycles. The number of rotatable bonds is 1. The summed E-state index contributed by atoms with van der Waals surface area (Å²) in [5.41, 5.74) is 3.20. The first-order chi connectivity index (χ1) is 7.42. The molecule has 0 amide bonds. The molecule has 0 aliphatic carbocycles. The lowest BCUT2D eigenvalue weighted by molar-refractivity contribution is 0.00578. The lowest BCUT2D eigenvalue weighted by atomic mass is 9.84. The van der Waals surface area contributed by atoms with Crippen molar-refractivity contribution in [2.45, 2.75) is 51.7 Å². The van der Waals surface area contributed by atoms with E-state index in [0.717, 1.165) is 25.0 Å². The number of hydrogen-bond donors (Lipinski definition) is 1. The molecule has 4 nitrogen and oxygen atoms in total. The molecule has 16 heavy (non-hydrogen) atoms. The monoisotopic (exact) mass is 225 g/mol. The third-order valence-electron chi connectivity index (χ3n) is 3.51. The van der Waals surface area contributed by atoms with Crippen LogP contribution in [0, 0.1) is 0 Å². The fraction of sp³-hybridized carbons (Fsp3) is 0.818. The molecule has 0 aromatic rings. The molecular weight excluding hydrogens is 205 g/mol. The van der Waals surface area contributed by atoms with E-state index >= 15 is 0 Å². The summed E-state index contributed by atoms with van der Waals surface area (Å²) in [5, 5.41) is 0. The third kappa shape index (κ3) is 2.12. The molecule has 2 heterocycles. The van der Waals surface area contributed by atoms with E-state index < -0.39 is 0 Å². The van der Waals surface area contributed by atoms with Crippen LogP contribution in [0.4, 0.5) is 0 Å². The Hall–Kier alpha value is -0.515. The summed E-state index contributed by atoms with van der Waals surface area (Å²) in [6, 6.07) is 0. The predicted molar refractivity (Wildman–Crippen MR) is 62.5 cm³/mol. The van der Waals surface area contributed by atoms with Crippen LogP contribution in [0.5, 0.6) is 0 Å². The van der Waals surface area contributed by atoms with E-state index in [-0.39, 0.29) is 18.3 Å². The van der Waals surface area contributed by atoms with E-state index in [1.54, 1.807) is 0 Å². The molecule has 0 atom stereocenters. The minimum atomic E-state index is -0.344. The standard InChI is InChI=1S/C11H20BNO3/c1-10(2)11(3,4)16-12(15-10)9-7-5-6-8-14-13-9/h7,13H,5-6,8H2,1-4H3. The average molecular weight is 225 g/mol. The first kappa shape index (κ1) is 12.0. The maximum absolute atomic E-state index is 5.93. The van der Waals surface area contributed by atoms with Crippen LogP contribution < -0.4 is 5.48 Å². The van der Waals surface area contributed by atoms with Gasteiger partial charge in [-0.1, -0.05) is 6.08 Å². The molecule has 2 aliphatic heterocycles. The maximum Gasteiger partial charge on any atom is 0.513 e. The molecule has 0 aromatic carbocycles. The van der Waals surface area contributed by atoms with Crippen molar-refractivity contribution in [2.24, 2.45) is 0 Å². The Kier molecular flexibility index (Phi) is 3.03. The number of hydrogen-bond acceptors (Lipinski definition) is 4. The van der Waals surface area contributed by atoms with Crippen molar-refractivity contribution in [3.63, 3.8) is 0 Å². The molecule has 90 valence electrons. The molecule has 0 bridgehead atoms. The van der Waals surface area contributed by atoms with Gasteiger partial charge in [-0.05, 0) is 40.5 Å². The van der Waals surface area contributed by atoms with Crippen LogP contribution in [-0.4, -0.2) is 24.9 Å². The largest absolute Gasteiger partial charge is 0.513 e. The molecular formula is C11H20BNO3. The quantitative estimate of drug-likeness (QED) is 0.691. The average Bonchev–Trinajstić information content (AvgIpc) is 2.42. The second-order valence-electron chi connectivity index (χ2n) is 5.34. The van der Waals surface area contributed by atoms with E-state index in [4.69, 9.17) is 14.1 Å². The van der Waals surface area contributed by atoms with Gasteiger partial charge >= 0.3 is 7.12 Å². The molecule has 1 fully saturated rings. The maximum atomic E-state index is 5.93. The Labute approximate surface area is 97.4 Å². The van der Waals surface area contributed by atoms with E-state index in [1.807, 2.05) is 27.7 Å². The first-order valence-electron chi connectivity index (χ1n) is 5.86. The van der Waals surface area contributed by atoms with Crippen LogP contribution in [0.3, 0.4) is 0 Å². The zero-order chi connectivity index (χ0) is 11.8. The Morgan fingerprint density at radius 1 is 1.19 bits per heavy atom. The van der Waals surface area contributed by atoms with E-state index in [1.165, 1.54) is 0 Å². The summed E-state index contributed by atoms with van der Waals surface area (Å²) in [7, 11) is -0.344. The topological polar surface area (TPSA) is 39.7 Å². The second kappa shape index (κ2) is 4.06. The van der Waals surface area contributed by atoms with E-state index in [9.17, 15) is 0 Å². The van der Waals surface area contributed by atoms with Crippen LogP contribution in [0.15, 0.2) is 11.7 Å². The molecule has 0 radical (unpaired) electrons. The van der Waals surface area contributed by atoms with E-state index in [0.29, 0.717) is 0 Å². The second-order valence-corrected chi connectivity index (χ2v) is 5.34. The fourth-order valence-electron chi connectivity index (χ4n) is 1.70. The normalized spacial score (nSPS) is 28.2. The summed E-state index contributed by atoms with van der Waals surface area (Å²) in [6.45, 7) is 8.91. The van der Waals surface area contributed by atoms with Gasteiger partial charge in [0.15, 0.2) is 0 Å². The Balaban J connectivity index is 2.10. The molecule has 0 spiro atoms. The summed E-state index contributed by atoms with van der Waals surface area (Å²) in [6.07, 6.45) is 4.11. The van der Waals surface area contributed by atoms with Crippen molar-refractivity contribution in [3.8, 4) is 0 Å². The highest BCUT2D eigenvalue weighted by atomic mass is 16.7. The number of allylic oxidation sites excluding steroid dienone is 1. The molecule has 5 heteroatoms. The van der Waals surface area contributed by atoms with Crippen LogP contribution in [0.25, 0.3) is 0 Å². The molecule has 1 N–H and O–H groups in total. The van der Waals surface area contributed by atoms with Gasteiger partial charge in [-0.25, -0.2) is 0 Å². The molecule has 2 aliphatic rings. The highest BCUT2D eigenvalue weighted by Crippen LogP contribution is 2.38. The molecule has 0 aromatic heterocycles. The highest BCUT2D eigenvalue weighted by molar-refractivity contribution is 6.54. The highest BCUT2D eigenvalue weighted by Gasteiger charge is 2.52. The van der Waals surface area contributed by atoms with Crippen molar-refractivity contribution >= 4 is 7.12 Å². The molecule has 2 rings (SSSR count). The lowest BCUT2D eigenvalue weighted by Gasteiger charge is -2.32. The van der Waals surface area contributed by atoms with Crippen LogP contribution >= 0.6 is 0 Å². The van der Waals surface area contributed by atoms with Gasteiger partial charge in [0.2, 0.25) is 0 Å². The zero-order valence-corrected chi connectivity index (χ0v) is 10.5. The van der Waals surface area contributed by atoms with Crippen molar-refractivity contribution in [3.05, 3.63) is 11.7 Å². The smallest absolute Gasteiger partial charge is 0.398 e. The minimum absolute atomic E-state index is 0.299. The summed E-state index contributed by atoms with van der Waals surface area (Å²) in [4.78, 5) is 5.28. The zero-order valence-electron chi connectivity index (χ0n) is 10.5. The van der Waals surface area contributed by atoms with Gasteiger partial charge in [-0.3, -0.25) is 10.3 Å². The van der Waals surface area contributed by atoms with Gasteiger partial charge in [0.25, 0.3) is 0 Å². The van der Waals surface area contributed by atoms with E-state index in [2.05, 4.69) is 11.6 Å². The summed E-state index contributed by atoms with van der Waals surface area (Å²) >= 11 is 0. The van der Waals surface area contributed by atoms with Gasteiger partial charge in [-0.15, -0.1) is 0 Å². The van der Waals surface area contributed by atoms with Crippen molar-refractivity contribution in [2.75, 3.05) is 6.61 Å². The van der Waals surface area contributed by atoms with Crippen molar-refractivity contribution in [1.29, 1.82) is 0 Å². The molecule has 0 saturated carbocycles. The number of hydroxylamine groups is 1. The lowest BCUT2D eigenvalue weighted by Crippen LogP contribution is -2.41. The van der Waals surface area contributed by atoms with Gasteiger partial charge < -0.3 is 9.31 Å². The Morgan fingerprint density at radius 3 is 2.44 bits per heavy atom. The first-order valence-corrected chi connectivity index (χ1v) is 5.86. The Bertz CT molecular complexity index is 286. The summed E-state index contributed by atoms with van der Waals surface area (Å²) in [5.74, 6) is 0. The van der Waals surface area contributed by atoms with Gasteiger partial charge in [0, 0.05) is 0 Å². The fourth-order valence-corrected chi connectivity index (χ4v) is 1.70. The molecule has 0 unspecified atom stereocenters. The van der Waals surface area contributed by atoms with Crippen molar-refractivity contribution < 1.29 is 14.1 Å². The van der Waals surface area contributed by atoms with Crippen LogP contribution in [-0.2, 0) is 14.1 Å². The Morgan fingerprint density at radius 2 is 1.81 bits per heavy atom.